The van der Waals surface area contributed by atoms with Gasteiger partial charge in [0.15, 0.2) is 0 Å². The molecule has 1 fully saturated rings. The van der Waals surface area contributed by atoms with Crippen molar-refractivity contribution in [1.29, 1.82) is 0 Å². The van der Waals surface area contributed by atoms with Crippen molar-refractivity contribution in [2.24, 2.45) is 5.73 Å². The number of hydrogen-bond acceptors (Lipinski definition) is 6. The topological polar surface area (TPSA) is 70.3 Å². The van der Waals surface area contributed by atoms with Crippen LogP contribution in [0.3, 0.4) is 0 Å². The van der Waals surface area contributed by atoms with Gasteiger partial charge in [-0.1, -0.05) is 11.6 Å². The van der Waals surface area contributed by atoms with Gasteiger partial charge >= 0.3 is 0 Å². The van der Waals surface area contributed by atoms with Gasteiger partial charge in [0.2, 0.25) is 5.95 Å². The smallest absolute Gasteiger partial charge is 0.225 e. The number of rotatable bonds is 6. The highest BCUT2D eigenvalue weighted by molar-refractivity contribution is 6.30. The molecule has 1 aliphatic heterocycles. The maximum absolute atomic E-state index is 13.4. The van der Waals surface area contributed by atoms with Crippen LogP contribution in [-0.2, 0) is 6.54 Å². The van der Waals surface area contributed by atoms with Crippen molar-refractivity contribution in [1.82, 2.24) is 20.2 Å². The maximum atomic E-state index is 13.4. The fourth-order valence-electron chi connectivity index (χ4n) is 2.89. The number of aromatic nitrogens is 2. The van der Waals surface area contributed by atoms with Crippen molar-refractivity contribution >= 4 is 17.5 Å². The highest BCUT2D eigenvalue weighted by Gasteiger charge is 2.16. The highest BCUT2D eigenvalue weighted by Crippen LogP contribution is 2.18. The van der Waals surface area contributed by atoms with Crippen LogP contribution in [0.5, 0.6) is 0 Å². The molecule has 1 saturated heterocycles. The summed E-state index contributed by atoms with van der Waals surface area (Å²) in [6, 6.07) is 4.02. The molecule has 0 spiro atoms. The zero-order valence-electron chi connectivity index (χ0n) is 14.8. The lowest BCUT2D eigenvalue weighted by atomic mass is 10.1. The van der Waals surface area contributed by atoms with Crippen LogP contribution in [-0.4, -0.2) is 54.6 Å². The number of likely N-dealkylation sites (N-methyl/N-ethyl adjacent to an activating group) is 1. The van der Waals surface area contributed by atoms with E-state index in [2.05, 4.69) is 32.1 Å². The van der Waals surface area contributed by atoms with Gasteiger partial charge in [-0.05, 0) is 30.8 Å². The van der Waals surface area contributed by atoms with E-state index in [1.807, 2.05) is 12.4 Å². The monoisotopic (exact) mass is 378 g/mol. The first-order chi connectivity index (χ1) is 12.5. The summed E-state index contributed by atoms with van der Waals surface area (Å²) in [6.07, 6.45) is 3.66. The molecule has 6 nitrogen and oxygen atoms in total. The van der Waals surface area contributed by atoms with Gasteiger partial charge in [0.25, 0.3) is 0 Å². The molecule has 0 bridgehead atoms. The van der Waals surface area contributed by atoms with Crippen LogP contribution in [0.2, 0.25) is 5.02 Å². The molecule has 3 N–H and O–H groups in total. The van der Waals surface area contributed by atoms with Crippen molar-refractivity contribution < 1.29 is 4.39 Å². The van der Waals surface area contributed by atoms with Crippen LogP contribution in [0.1, 0.15) is 17.2 Å². The lowest BCUT2D eigenvalue weighted by Gasteiger charge is -2.32. The zero-order valence-corrected chi connectivity index (χ0v) is 15.6. The number of anilines is 1. The van der Waals surface area contributed by atoms with Crippen LogP contribution in [0, 0.1) is 5.82 Å². The third kappa shape index (κ3) is 5.11. The Morgan fingerprint density at radius 3 is 2.54 bits per heavy atom. The van der Waals surface area contributed by atoms with Gasteiger partial charge in [0.1, 0.15) is 5.82 Å². The molecule has 2 aromatic rings. The number of nitrogens with two attached hydrogens (primary N) is 1. The average molecular weight is 379 g/mol. The Kier molecular flexibility index (Phi) is 6.37. The summed E-state index contributed by atoms with van der Waals surface area (Å²) in [4.78, 5) is 13.4. The molecule has 0 radical (unpaired) electrons. The van der Waals surface area contributed by atoms with E-state index in [9.17, 15) is 4.39 Å². The highest BCUT2D eigenvalue weighted by atomic mass is 35.5. The zero-order chi connectivity index (χ0) is 18.5. The Hall–Kier alpha value is -1.80. The van der Waals surface area contributed by atoms with E-state index < -0.39 is 0 Å². The summed E-state index contributed by atoms with van der Waals surface area (Å²) in [5, 5.41) is 3.60. The fraction of sp³-hybridized carbons (Fsp3) is 0.444. The molecule has 1 aliphatic rings. The molecule has 2 heterocycles. The molecule has 0 saturated carbocycles. The summed E-state index contributed by atoms with van der Waals surface area (Å²) in [5.74, 6) is 0.392. The number of hydrogen-bond donors (Lipinski definition) is 2. The Balaban J connectivity index is 1.49. The Labute approximate surface area is 158 Å². The van der Waals surface area contributed by atoms with Gasteiger partial charge in [-0.2, -0.15) is 0 Å². The van der Waals surface area contributed by atoms with Crippen LogP contribution in [0.15, 0.2) is 30.6 Å². The summed E-state index contributed by atoms with van der Waals surface area (Å²) in [5.41, 5.74) is 7.75. The van der Waals surface area contributed by atoms with Crippen molar-refractivity contribution in [3.05, 3.63) is 52.6 Å². The number of piperazine rings is 1. The summed E-state index contributed by atoms with van der Waals surface area (Å²) < 4.78 is 13.4. The van der Waals surface area contributed by atoms with E-state index in [1.54, 1.807) is 6.07 Å². The number of nitrogens with zero attached hydrogens (tertiary/aromatic N) is 4. The van der Waals surface area contributed by atoms with Crippen LogP contribution in [0.25, 0.3) is 0 Å². The van der Waals surface area contributed by atoms with E-state index >= 15 is 0 Å². The van der Waals surface area contributed by atoms with Gasteiger partial charge in [-0.25, -0.2) is 14.4 Å². The second-order valence-corrected chi connectivity index (χ2v) is 7.06. The van der Waals surface area contributed by atoms with E-state index in [-0.39, 0.29) is 11.9 Å². The number of benzene rings is 1. The van der Waals surface area contributed by atoms with Crippen molar-refractivity contribution in [2.75, 3.05) is 44.7 Å². The van der Waals surface area contributed by atoms with E-state index in [0.717, 1.165) is 37.7 Å². The number of halogens is 2. The SMILES string of the molecule is CN1CCN(c2ncc(CNCC(N)c3cc(F)cc(Cl)c3)cn2)CC1. The van der Waals surface area contributed by atoms with Crippen molar-refractivity contribution in [2.45, 2.75) is 12.6 Å². The van der Waals surface area contributed by atoms with Crippen molar-refractivity contribution in [3.63, 3.8) is 0 Å². The Morgan fingerprint density at radius 1 is 1.19 bits per heavy atom. The predicted octanol–water partition coefficient (Wildman–Crippen LogP) is 1.81. The fourth-order valence-corrected chi connectivity index (χ4v) is 3.12. The van der Waals surface area contributed by atoms with Gasteiger partial charge in [0.05, 0.1) is 0 Å². The van der Waals surface area contributed by atoms with E-state index in [4.69, 9.17) is 17.3 Å². The minimum atomic E-state index is -0.379. The third-order valence-electron chi connectivity index (χ3n) is 4.48. The Morgan fingerprint density at radius 2 is 1.88 bits per heavy atom. The van der Waals surface area contributed by atoms with E-state index in [0.29, 0.717) is 23.7 Å². The molecule has 1 atom stereocenters. The molecule has 1 unspecified atom stereocenters. The molecule has 1 aromatic heterocycles. The van der Waals surface area contributed by atoms with Crippen LogP contribution in [0.4, 0.5) is 10.3 Å². The van der Waals surface area contributed by atoms with Gasteiger partial charge in [-0.15, -0.1) is 0 Å². The van der Waals surface area contributed by atoms with Crippen LogP contribution < -0.4 is 16.0 Å². The molecule has 1 aromatic carbocycles. The minimum absolute atomic E-state index is 0.339. The second kappa shape index (κ2) is 8.73. The first-order valence-corrected chi connectivity index (χ1v) is 9.06. The van der Waals surface area contributed by atoms with Crippen LogP contribution >= 0.6 is 11.6 Å². The maximum Gasteiger partial charge on any atom is 0.225 e. The lowest BCUT2D eigenvalue weighted by molar-refractivity contribution is 0.311. The quantitative estimate of drug-likeness (QED) is 0.799. The van der Waals surface area contributed by atoms with E-state index in [1.165, 1.54) is 12.1 Å². The second-order valence-electron chi connectivity index (χ2n) is 6.62. The first-order valence-electron chi connectivity index (χ1n) is 8.68. The molecule has 8 heteroatoms. The summed E-state index contributed by atoms with van der Waals surface area (Å²) >= 11 is 5.87. The molecule has 26 heavy (non-hydrogen) atoms. The molecular formula is C18H24ClFN6. The summed E-state index contributed by atoms with van der Waals surface area (Å²) in [6.45, 7) is 5.03. The molecule has 0 aliphatic carbocycles. The van der Waals surface area contributed by atoms with Gasteiger partial charge in [0, 0.05) is 68.3 Å². The molecule has 3 rings (SSSR count). The number of nitrogens with one attached hydrogen (secondary N) is 1. The molecule has 140 valence electrons. The third-order valence-corrected chi connectivity index (χ3v) is 4.70. The minimum Gasteiger partial charge on any atom is -0.338 e. The lowest BCUT2D eigenvalue weighted by Crippen LogP contribution is -2.45. The van der Waals surface area contributed by atoms with Gasteiger partial charge < -0.3 is 20.9 Å². The molecular weight excluding hydrogens is 355 g/mol. The average Bonchev–Trinajstić information content (AvgIpc) is 2.62. The largest absolute Gasteiger partial charge is 0.338 e. The van der Waals surface area contributed by atoms with Crippen molar-refractivity contribution in [3.8, 4) is 0 Å². The molecule has 0 amide bonds. The first kappa shape index (κ1) is 19.0. The Bertz CT molecular complexity index is 698. The normalized spacial score (nSPS) is 16.7. The predicted molar refractivity (Wildman–Crippen MR) is 102 cm³/mol. The van der Waals surface area contributed by atoms with Gasteiger partial charge in [-0.3, -0.25) is 0 Å². The summed E-state index contributed by atoms with van der Waals surface area (Å²) in [7, 11) is 2.12. The standard InChI is InChI=1S/C18H24ClFN6/c1-25-2-4-26(5-3-25)18-23-10-13(11-24-18)9-22-12-17(21)14-6-15(19)8-16(20)7-14/h6-8,10-11,17,22H,2-5,9,12,21H2,1H3.